The molecule has 0 aliphatic carbocycles. The van der Waals surface area contributed by atoms with Gasteiger partial charge in [0.15, 0.2) is 0 Å². The molecule has 0 heterocycles. The van der Waals surface area contributed by atoms with Gasteiger partial charge >= 0.3 is 23.9 Å². The van der Waals surface area contributed by atoms with Crippen LogP contribution in [-0.2, 0) is 19.1 Å². The first-order valence-corrected chi connectivity index (χ1v) is 14.8. The van der Waals surface area contributed by atoms with Crippen molar-refractivity contribution in [2.75, 3.05) is 26.4 Å². The van der Waals surface area contributed by atoms with Gasteiger partial charge in [0.25, 0.3) is 0 Å². The van der Waals surface area contributed by atoms with E-state index in [2.05, 4.69) is 13.2 Å². The highest BCUT2D eigenvalue weighted by molar-refractivity contribution is 5.92. The van der Waals surface area contributed by atoms with Crippen LogP contribution >= 0.6 is 0 Å². The first-order chi connectivity index (χ1) is 22.2. The highest BCUT2D eigenvalue weighted by atomic mass is 16.5. The largest absolute Gasteiger partial charge is 0.493 e. The van der Waals surface area contributed by atoms with E-state index in [4.69, 9.17) is 28.4 Å². The van der Waals surface area contributed by atoms with Gasteiger partial charge in [-0.25, -0.2) is 19.2 Å². The van der Waals surface area contributed by atoms with Crippen LogP contribution in [0.4, 0.5) is 0 Å². The van der Waals surface area contributed by atoms with E-state index in [9.17, 15) is 19.2 Å². The van der Waals surface area contributed by atoms with E-state index >= 15 is 0 Å². The minimum Gasteiger partial charge on any atom is -0.493 e. The Morgan fingerprint density at radius 3 is 1.28 bits per heavy atom. The third-order valence-corrected chi connectivity index (χ3v) is 6.48. The number of carbonyl (C=O) groups is 4. The summed E-state index contributed by atoms with van der Waals surface area (Å²) in [6.45, 7) is 11.8. The summed E-state index contributed by atoms with van der Waals surface area (Å²) >= 11 is 0. The maximum absolute atomic E-state index is 12.7. The molecule has 0 spiro atoms. The number of ether oxygens (including phenoxy) is 6. The van der Waals surface area contributed by atoms with E-state index < -0.39 is 23.9 Å². The predicted molar refractivity (Wildman–Crippen MR) is 170 cm³/mol. The summed E-state index contributed by atoms with van der Waals surface area (Å²) in [5.74, 6) is -0.125. The first kappa shape index (κ1) is 35.1. The average Bonchev–Trinajstić information content (AvgIpc) is 3.05. The Labute approximate surface area is 268 Å². The lowest BCUT2D eigenvalue weighted by molar-refractivity contribution is -0.138. The van der Waals surface area contributed by atoms with Gasteiger partial charge in [-0.3, -0.25) is 0 Å². The number of benzene rings is 3. The molecule has 242 valence electrons. The molecule has 0 amide bonds. The fourth-order valence-electron chi connectivity index (χ4n) is 4.02. The Balaban J connectivity index is 1.43. The molecular formula is C36H38O10. The maximum atomic E-state index is 12.7. The summed E-state index contributed by atoms with van der Waals surface area (Å²) in [4.78, 5) is 47.5. The summed E-state index contributed by atoms with van der Waals surface area (Å²) in [6.07, 6.45) is 4.95. The smallest absolute Gasteiger partial charge is 0.343 e. The van der Waals surface area contributed by atoms with Crippen LogP contribution in [0.5, 0.6) is 23.0 Å². The molecular weight excluding hydrogens is 592 g/mol. The van der Waals surface area contributed by atoms with Gasteiger partial charge in [0, 0.05) is 12.2 Å². The minimum absolute atomic E-state index is 0.288. The third kappa shape index (κ3) is 11.6. The van der Waals surface area contributed by atoms with Crippen molar-refractivity contribution in [3.8, 4) is 23.0 Å². The number of unbranched alkanes of at least 4 members (excludes halogenated alkanes) is 2. The van der Waals surface area contributed by atoms with Gasteiger partial charge in [-0.05, 0) is 111 Å². The maximum Gasteiger partial charge on any atom is 0.343 e. The van der Waals surface area contributed by atoms with Gasteiger partial charge in [0.1, 0.15) is 23.0 Å². The zero-order chi connectivity index (χ0) is 33.3. The Morgan fingerprint density at radius 1 is 0.565 bits per heavy atom. The fourth-order valence-corrected chi connectivity index (χ4v) is 4.02. The van der Waals surface area contributed by atoms with Gasteiger partial charge < -0.3 is 28.4 Å². The van der Waals surface area contributed by atoms with Crippen molar-refractivity contribution in [1.29, 1.82) is 0 Å². The van der Waals surface area contributed by atoms with Crippen LogP contribution in [0.2, 0.25) is 0 Å². The van der Waals surface area contributed by atoms with Crippen LogP contribution in [0.15, 0.2) is 86.0 Å². The molecule has 0 aliphatic heterocycles. The second kappa shape index (κ2) is 18.4. The van der Waals surface area contributed by atoms with Gasteiger partial charge in [0.2, 0.25) is 0 Å². The highest BCUT2D eigenvalue weighted by Crippen LogP contribution is 2.24. The Morgan fingerprint density at radius 2 is 0.935 bits per heavy atom. The molecule has 0 saturated carbocycles. The quantitative estimate of drug-likeness (QED) is 0.0664. The van der Waals surface area contributed by atoms with Gasteiger partial charge in [0.05, 0.1) is 37.6 Å². The summed E-state index contributed by atoms with van der Waals surface area (Å²) in [5, 5.41) is 0. The van der Waals surface area contributed by atoms with Crippen molar-refractivity contribution in [3.63, 3.8) is 0 Å². The van der Waals surface area contributed by atoms with Crippen molar-refractivity contribution in [1.82, 2.24) is 0 Å². The average molecular weight is 631 g/mol. The van der Waals surface area contributed by atoms with Crippen molar-refractivity contribution in [3.05, 3.63) is 108 Å². The van der Waals surface area contributed by atoms with Crippen LogP contribution in [0, 0.1) is 13.8 Å². The van der Waals surface area contributed by atoms with Crippen LogP contribution in [0.3, 0.4) is 0 Å². The van der Waals surface area contributed by atoms with Gasteiger partial charge in [-0.2, -0.15) is 0 Å². The molecule has 3 rings (SSSR count). The standard InChI is InChI=1S/C36H38O10/c1-5-33(37)43-21-9-7-19-41-31-17-11-27(23-25(31)3)35(39)45-29-13-15-30(16-14-29)46-36(40)28-12-18-32(26(4)24-28)42-20-8-10-22-44-34(38)6-2/h5-6,11-18,23-24H,1-2,7-10,19-22H2,3-4H3. The number of rotatable bonds is 18. The van der Waals surface area contributed by atoms with Gasteiger partial charge in [-0.1, -0.05) is 13.2 Å². The summed E-state index contributed by atoms with van der Waals surface area (Å²) in [6, 6.07) is 16.2. The molecule has 46 heavy (non-hydrogen) atoms. The van der Waals surface area contributed by atoms with E-state index in [0.29, 0.717) is 74.7 Å². The highest BCUT2D eigenvalue weighted by Gasteiger charge is 2.14. The SMILES string of the molecule is C=CC(=O)OCCCCOc1ccc(C(=O)Oc2ccc(OC(=O)c3ccc(OCCCCOC(=O)C=C)c(C)c3)cc2)cc1C. The van der Waals surface area contributed by atoms with Crippen molar-refractivity contribution in [2.24, 2.45) is 0 Å². The topological polar surface area (TPSA) is 124 Å². The second-order valence-electron chi connectivity index (χ2n) is 10.1. The Kier molecular flexibility index (Phi) is 14.1. The molecule has 0 unspecified atom stereocenters. The van der Waals surface area contributed by atoms with E-state index in [0.717, 1.165) is 23.3 Å². The van der Waals surface area contributed by atoms with Crippen LogP contribution in [0.1, 0.15) is 57.5 Å². The van der Waals surface area contributed by atoms with Crippen LogP contribution in [0.25, 0.3) is 0 Å². The zero-order valence-electron chi connectivity index (χ0n) is 26.1. The normalized spacial score (nSPS) is 10.3. The number of hydrogen-bond acceptors (Lipinski definition) is 10. The van der Waals surface area contributed by atoms with Crippen LogP contribution in [-0.4, -0.2) is 50.3 Å². The van der Waals surface area contributed by atoms with Gasteiger partial charge in [-0.15, -0.1) is 0 Å². The molecule has 0 aliphatic rings. The predicted octanol–water partition coefficient (Wildman–Crippen LogP) is 6.52. The summed E-state index contributed by atoms with van der Waals surface area (Å²) in [7, 11) is 0. The first-order valence-electron chi connectivity index (χ1n) is 14.8. The number of esters is 4. The molecule has 10 nitrogen and oxygen atoms in total. The van der Waals surface area contributed by atoms with Crippen molar-refractivity contribution < 1.29 is 47.6 Å². The number of hydrogen-bond donors (Lipinski definition) is 0. The molecule has 10 heteroatoms. The monoisotopic (exact) mass is 630 g/mol. The Bertz CT molecular complexity index is 1410. The molecule has 3 aromatic carbocycles. The Hall–Kier alpha value is -5.38. The van der Waals surface area contributed by atoms with E-state index in [1.165, 1.54) is 24.3 Å². The minimum atomic E-state index is -0.544. The molecule has 0 saturated heterocycles. The van der Waals surface area contributed by atoms with E-state index in [1.807, 2.05) is 13.8 Å². The number of aryl methyl sites for hydroxylation is 2. The molecule has 0 N–H and O–H groups in total. The molecule has 0 fully saturated rings. The fraction of sp³-hybridized carbons (Fsp3) is 0.278. The van der Waals surface area contributed by atoms with Crippen molar-refractivity contribution in [2.45, 2.75) is 39.5 Å². The summed E-state index contributed by atoms with van der Waals surface area (Å²) in [5.41, 5.74) is 2.25. The zero-order valence-corrected chi connectivity index (χ0v) is 26.1. The third-order valence-electron chi connectivity index (χ3n) is 6.48. The lowest BCUT2D eigenvalue weighted by Gasteiger charge is -2.11. The molecule has 0 bridgehead atoms. The number of carbonyl (C=O) groups excluding carboxylic acids is 4. The van der Waals surface area contributed by atoms with E-state index in [1.54, 1.807) is 36.4 Å². The lowest BCUT2D eigenvalue weighted by atomic mass is 10.1. The second-order valence-corrected chi connectivity index (χ2v) is 10.1. The summed E-state index contributed by atoms with van der Waals surface area (Å²) < 4.78 is 32.4. The molecule has 0 radical (unpaired) electrons. The molecule has 0 atom stereocenters. The van der Waals surface area contributed by atoms with E-state index in [-0.39, 0.29) is 11.5 Å². The van der Waals surface area contributed by atoms with Crippen LogP contribution < -0.4 is 18.9 Å². The molecule has 3 aromatic rings. The lowest BCUT2D eigenvalue weighted by Crippen LogP contribution is -2.10. The molecule has 0 aromatic heterocycles. The van der Waals surface area contributed by atoms with Crippen molar-refractivity contribution >= 4 is 23.9 Å².